The Labute approximate surface area is 132 Å². The van der Waals surface area contributed by atoms with Gasteiger partial charge in [0, 0.05) is 26.1 Å². The summed E-state index contributed by atoms with van der Waals surface area (Å²) in [6.45, 7) is 3.54. The van der Waals surface area contributed by atoms with Gasteiger partial charge in [-0.15, -0.1) is 12.4 Å². The highest BCUT2D eigenvalue weighted by molar-refractivity contribution is 5.85. The lowest BCUT2D eigenvalue weighted by Gasteiger charge is -2.33. The second kappa shape index (κ2) is 6.53. The molecule has 21 heavy (non-hydrogen) atoms. The molecule has 1 aliphatic carbocycles. The summed E-state index contributed by atoms with van der Waals surface area (Å²) in [5.41, 5.74) is 0.294. The number of likely N-dealkylation sites (tertiary alicyclic amines) is 1. The second-order valence-corrected chi connectivity index (χ2v) is 6.61. The highest BCUT2D eigenvalue weighted by Gasteiger charge is 2.58. The topological polar surface area (TPSA) is 61.4 Å². The summed E-state index contributed by atoms with van der Waals surface area (Å²) in [6.07, 6.45) is 5.19. The van der Waals surface area contributed by atoms with Gasteiger partial charge in [0.1, 0.15) is 0 Å². The lowest BCUT2D eigenvalue weighted by molar-refractivity contribution is -0.137. The predicted molar refractivity (Wildman–Crippen MR) is 83.3 cm³/mol. The number of rotatable bonds is 2. The first kappa shape index (κ1) is 16.6. The van der Waals surface area contributed by atoms with Crippen molar-refractivity contribution in [1.29, 1.82) is 0 Å². The molecule has 0 aromatic carbocycles. The van der Waals surface area contributed by atoms with Gasteiger partial charge in [-0.25, -0.2) is 0 Å². The number of carbonyl (C=O) groups excluding carboxylic acids is 2. The van der Waals surface area contributed by atoms with Crippen LogP contribution in [0.2, 0.25) is 0 Å². The Bertz CT molecular complexity index is 410. The minimum Gasteiger partial charge on any atom is -0.359 e. The van der Waals surface area contributed by atoms with Gasteiger partial charge in [-0.3, -0.25) is 9.59 Å². The maximum absolute atomic E-state index is 12.7. The Morgan fingerprint density at radius 3 is 2.67 bits per heavy atom. The van der Waals surface area contributed by atoms with Crippen LogP contribution < -0.4 is 10.6 Å². The molecule has 2 aliphatic heterocycles. The van der Waals surface area contributed by atoms with E-state index in [0.717, 1.165) is 51.7 Å². The third-order valence-corrected chi connectivity index (χ3v) is 5.44. The molecule has 120 valence electrons. The van der Waals surface area contributed by atoms with E-state index in [4.69, 9.17) is 0 Å². The van der Waals surface area contributed by atoms with Gasteiger partial charge in [-0.2, -0.15) is 0 Å². The molecule has 1 spiro atoms. The number of amides is 2. The van der Waals surface area contributed by atoms with Crippen molar-refractivity contribution in [3.8, 4) is 0 Å². The standard InChI is InChI=1S/C15H25N3O2.ClH/c1-16-13(19)11-3-2-8-18(10-11)14(20)12-9-15(12)4-6-17-7-5-15;/h11-12,17H,2-10H2,1H3,(H,16,19);1H. The summed E-state index contributed by atoms with van der Waals surface area (Å²) >= 11 is 0. The first-order chi connectivity index (χ1) is 9.66. The monoisotopic (exact) mass is 315 g/mol. The summed E-state index contributed by atoms with van der Waals surface area (Å²) in [5, 5.41) is 6.08. The van der Waals surface area contributed by atoms with Crippen LogP contribution in [0.1, 0.15) is 32.1 Å². The highest BCUT2D eigenvalue weighted by atomic mass is 35.5. The Hall–Kier alpha value is -0.810. The molecule has 2 unspecified atom stereocenters. The minimum absolute atomic E-state index is 0. The largest absolute Gasteiger partial charge is 0.359 e. The van der Waals surface area contributed by atoms with Crippen molar-refractivity contribution in [2.45, 2.75) is 32.1 Å². The van der Waals surface area contributed by atoms with Crippen molar-refractivity contribution in [2.24, 2.45) is 17.3 Å². The lowest BCUT2D eigenvalue weighted by atomic mass is 9.91. The molecule has 0 aromatic rings. The van der Waals surface area contributed by atoms with E-state index in [2.05, 4.69) is 10.6 Å². The van der Waals surface area contributed by atoms with Crippen LogP contribution in [0.3, 0.4) is 0 Å². The van der Waals surface area contributed by atoms with E-state index in [1.165, 1.54) is 0 Å². The van der Waals surface area contributed by atoms with Crippen LogP contribution in [0.25, 0.3) is 0 Å². The van der Waals surface area contributed by atoms with Crippen molar-refractivity contribution >= 4 is 24.2 Å². The van der Waals surface area contributed by atoms with E-state index in [-0.39, 0.29) is 30.2 Å². The van der Waals surface area contributed by atoms with Crippen LogP contribution in [-0.2, 0) is 9.59 Å². The molecule has 3 rings (SSSR count). The molecule has 2 atom stereocenters. The fourth-order valence-electron chi connectivity index (χ4n) is 3.99. The first-order valence-electron chi connectivity index (χ1n) is 7.87. The molecule has 2 saturated heterocycles. The highest BCUT2D eigenvalue weighted by Crippen LogP contribution is 2.59. The van der Waals surface area contributed by atoms with Crippen molar-refractivity contribution in [3.63, 3.8) is 0 Å². The molecule has 6 heteroatoms. The summed E-state index contributed by atoms with van der Waals surface area (Å²) < 4.78 is 0. The third kappa shape index (κ3) is 3.19. The normalized spacial score (nSPS) is 30.4. The molecule has 0 radical (unpaired) electrons. The van der Waals surface area contributed by atoms with E-state index in [0.29, 0.717) is 17.9 Å². The van der Waals surface area contributed by atoms with Gasteiger partial charge in [0.2, 0.25) is 11.8 Å². The van der Waals surface area contributed by atoms with E-state index < -0.39 is 0 Å². The number of nitrogens with one attached hydrogen (secondary N) is 2. The quantitative estimate of drug-likeness (QED) is 0.792. The Balaban J connectivity index is 0.00000161. The molecule has 0 aromatic heterocycles. The van der Waals surface area contributed by atoms with Crippen LogP contribution in [0.5, 0.6) is 0 Å². The predicted octanol–water partition coefficient (Wildman–Crippen LogP) is 0.782. The summed E-state index contributed by atoms with van der Waals surface area (Å²) in [5.74, 6) is 0.601. The molecule has 2 amide bonds. The van der Waals surface area contributed by atoms with Crippen molar-refractivity contribution in [1.82, 2.24) is 15.5 Å². The van der Waals surface area contributed by atoms with Crippen LogP contribution in [0.4, 0.5) is 0 Å². The Morgan fingerprint density at radius 1 is 1.29 bits per heavy atom. The number of hydrogen-bond acceptors (Lipinski definition) is 3. The molecule has 5 nitrogen and oxygen atoms in total. The molecule has 0 bridgehead atoms. The number of carbonyl (C=O) groups is 2. The number of nitrogens with zero attached hydrogens (tertiary/aromatic N) is 1. The lowest BCUT2D eigenvalue weighted by Crippen LogP contribution is -2.46. The van der Waals surface area contributed by atoms with Crippen molar-refractivity contribution < 1.29 is 9.59 Å². The van der Waals surface area contributed by atoms with Gasteiger partial charge in [-0.05, 0) is 50.6 Å². The summed E-state index contributed by atoms with van der Waals surface area (Å²) in [7, 11) is 1.67. The molecular weight excluding hydrogens is 290 g/mol. The number of halogens is 1. The van der Waals surface area contributed by atoms with Crippen LogP contribution in [0.15, 0.2) is 0 Å². The van der Waals surface area contributed by atoms with Gasteiger partial charge in [0.25, 0.3) is 0 Å². The molecule has 2 N–H and O–H groups in total. The molecule has 2 heterocycles. The van der Waals surface area contributed by atoms with Crippen LogP contribution in [0, 0.1) is 17.3 Å². The molecule has 3 fully saturated rings. The van der Waals surface area contributed by atoms with E-state index in [1.54, 1.807) is 7.05 Å². The first-order valence-corrected chi connectivity index (χ1v) is 7.87. The summed E-state index contributed by atoms with van der Waals surface area (Å²) in [4.78, 5) is 26.4. The zero-order valence-corrected chi connectivity index (χ0v) is 13.5. The average molecular weight is 316 g/mol. The third-order valence-electron chi connectivity index (χ3n) is 5.44. The number of piperidine rings is 2. The zero-order valence-electron chi connectivity index (χ0n) is 12.7. The zero-order chi connectivity index (χ0) is 14.2. The van der Waals surface area contributed by atoms with Crippen LogP contribution >= 0.6 is 12.4 Å². The van der Waals surface area contributed by atoms with Crippen molar-refractivity contribution in [3.05, 3.63) is 0 Å². The van der Waals surface area contributed by atoms with Gasteiger partial charge in [0.15, 0.2) is 0 Å². The van der Waals surface area contributed by atoms with Crippen LogP contribution in [-0.4, -0.2) is 49.9 Å². The van der Waals surface area contributed by atoms with Gasteiger partial charge in [0.05, 0.1) is 5.92 Å². The average Bonchev–Trinajstić information content (AvgIpc) is 3.19. The maximum atomic E-state index is 12.7. The minimum atomic E-state index is -0.0135. The Morgan fingerprint density at radius 2 is 2.00 bits per heavy atom. The smallest absolute Gasteiger partial charge is 0.226 e. The van der Waals surface area contributed by atoms with E-state index in [9.17, 15) is 9.59 Å². The number of hydrogen-bond donors (Lipinski definition) is 2. The summed E-state index contributed by atoms with van der Waals surface area (Å²) in [6, 6.07) is 0. The van der Waals surface area contributed by atoms with Gasteiger partial charge in [-0.1, -0.05) is 0 Å². The maximum Gasteiger partial charge on any atom is 0.226 e. The molecular formula is C15H26ClN3O2. The van der Waals surface area contributed by atoms with Crippen molar-refractivity contribution in [2.75, 3.05) is 33.2 Å². The van der Waals surface area contributed by atoms with Gasteiger partial charge < -0.3 is 15.5 Å². The van der Waals surface area contributed by atoms with E-state index >= 15 is 0 Å². The van der Waals surface area contributed by atoms with Gasteiger partial charge >= 0.3 is 0 Å². The molecule has 3 aliphatic rings. The second-order valence-electron chi connectivity index (χ2n) is 6.61. The fourth-order valence-corrected chi connectivity index (χ4v) is 3.99. The molecule has 1 saturated carbocycles. The Kier molecular flexibility index (Phi) is 5.15. The fraction of sp³-hybridized carbons (Fsp3) is 0.867. The van der Waals surface area contributed by atoms with E-state index in [1.807, 2.05) is 4.90 Å². The SMILES string of the molecule is CNC(=O)C1CCCN(C(=O)C2CC23CCNCC3)C1.Cl.